The molecule has 0 fully saturated rings. The van der Waals surface area contributed by atoms with Crippen LogP contribution in [0.5, 0.6) is 0 Å². The summed E-state index contributed by atoms with van der Waals surface area (Å²) in [6.07, 6.45) is 0. The number of hydrogen-bond donors (Lipinski definition) is 0. The van der Waals surface area contributed by atoms with Crippen molar-refractivity contribution in [3.8, 4) is 0 Å². The summed E-state index contributed by atoms with van der Waals surface area (Å²) < 4.78 is 12.3. The van der Waals surface area contributed by atoms with Gasteiger partial charge >= 0.3 is 8.56 Å². The molecule has 0 atom stereocenters. The highest BCUT2D eigenvalue weighted by molar-refractivity contribution is 6.66. The number of rotatable bonds is 8. The molecule has 0 saturated heterocycles. The van der Waals surface area contributed by atoms with Gasteiger partial charge in [-0.15, -0.1) is 11.6 Å². The summed E-state index contributed by atoms with van der Waals surface area (Å²) in [5.41, 5.74) is 4.85. The summed E-state index contributed by atoms with van der Waals surface area (Å²) in [5, 5.41) is 0. The summed E-state index contributed by atoms with van der Waals surface area (Å²) in [5.74, 6) is 0.560. The molecule has 23 heavy (non-hydrogen) atoms. The molecule has 0 unspecified atom stereocenters. The van der Waals surface area contributed by atoms with Crippen LogP contribution in [0.1, 0.15) is 22.3 Å². The van der Waals surface area contributed by atoms with Crippen molar-refractivity contribution in [3.05, 3.63) is 70.8 Å². The van der Waals surface area contributed by atoms with Crippen LogP contribution in [0.4, 0.5) is 0 Å². The second-order valence-electron chi connectivity index (χ2n) is 6.12. The first kappa shape index (κ1) is 18.2. The molecule has 0 spiro atoms. The van der Waals surface area contributed by atoms with E-state index in [2.05, 4.69) is 68.9 Å². The molecular formula is C19H25ClO2Si. The number of benzene rings is 2. The minimum Gasteiger partial charge on any atom is -0.390 e. The summed E-state index contributed by atoms with van der Waals surface area (Å²) in [6.45, 7) is 7.42. The molecule has 124 valence electrons. The molecule has 2 nitrogen and oxygen atoms in total. The van der Waals surface area contributed by atoms with Gasteiger partial charge in [-0.2, -0.15) is 0 Å². The fourth-order valence-electron chi connectivity index (χ4n) is 2.20. The molecule has 0 aliphatic carbocycles. The van der Waals surface area contributed by atoms with Crippen molar-refractivity contribution in [1.82, 2.24) is 0 Å². The Morgan fingerprint density at radius 1 is 0.783 bits per heavy atom. The second kappa shape index (κ2) is 8.64. The summed E-state index contributed by atoms with van der Waals surface area (Å²) in [7, 11) is -2.27. The van der Waals surface area contributed by atoms with Crippen LogP contribution in [0.3, 0.4) is 0 Å². The van der Waals surface area contributed by atoms with E-state index < -0.39 is 8.56 Å². The molecule has 2 aromatic rings. The van der Waals surface area contributed by atoms with Gasteiger partial charge in [-0.1, -0.05) is 59.7 Å². The monoisotopic (exact) mass is 348 g/mol. The highest BCUT2D eigenvalue weighted by Gasteiger charge is 2.31. The van der Waals surface area contributed by atoms with E-state index in [-0.39, 0.29) is 0 Å². The van der Waals surface area contributed by atoms with Crippen molar-refractivity contribution in [1.29, 1.82) is 0 Å². The third-order valence-electron chi connectivity index (χ3n) is 3.88. The zero-order valence-corrected chi connectivity index (χ0v) is 15.9. The van der Waals surface area contributed by atoms with Crippen molar-refractivity contribution >= 4 is 20.2 Å². The molecule has 0 radical (unpaired) electrons. The van der Waals surface area contributed by atoms with E-state index in [1.54, 1.807) is 0 Å². The Bertz CT molecular complexity index is 546. The number of aryl methyl sites for hydroxylation is 2. The Labute approximate surface area is 145 Å². The standard InChI is InChI=1S/C19H25ClO2Si/c1-16-4-8-18(9-5-16)14-21-23(3,13-12-20)22-15-19-10-6-17(2)7-11-19/h4-11H,12-15H2,1-3H3. The van der Waals surface area contributed by atoms with Crippen LogP contribution in [0.15, 0.2) is 48.5 Å². The molecule has 0 heterocycles. The lowest BCUT2D eigenvalue weighted by atomic mass is 10.2. The molecule has 4 heteroatoms. The van der Waals surface area contributed by atoms with Crippen LogP contribution < -0.4 is 0 Å². The van der Waals surface area contributed by atoms with Crippen LogP contribution in [-0.2, 0) is 22.1 Å². The summed E-state index contributed by atoms with van der Waals surface area (Å²) in [6, 6.07) is 17.6. The lowest BCUT2D eigenvalue weighted by Crippen LogP contribution is -2.38. The van der Waals surface area contributed by atoms with Gasteiger partial charge in [-0.05, 0) is 31.5 Å². The maximum absolute atomic E-state index is 6.17. The van der Waals surface area contributed by atoms with Crippen molar-refractivity contribution in [2.24, 2.45) is 0 Å². The molecule has 0 N–H and O–H groups in total. The van der Waals surface area contributed by atoms with Crippen molar-refractivity contribution in [3.63, 3.8) is 0 Å². The van der Waals surface area contributed by atoms with Gasteiger partial charge < -0.3 is 8.85 Å². The molecule has 0 amide bonds. The number of hydrogen-bond acceptors (Lipinski definition) is 2. The topological polar surface area (TPSA) is 18.5 Å². The third kappa shape index (κ3) is 6.11. The largest absolute Gasteiger partial charge is 0.390 e. The lowest BCUT2D eigenvalue weighted by Gasteiger charge is -2.26. The summed E-state index contributed by atoms with van der Waals surface area (Å²) >= 11 is 5.97. The van der Waals surface area contributed by atoms with Gasteiger partial charge in [0, 0.05) is 11.9 Å². The van der Waals surface area contributed by atoms with Gasteiger partial charge in [-0.3, -0.25) is 0 Å². The van der Waals surface area contributed by atoms with Gasteiger partial charge in [0.2, 0.25) is 0 Å². The van der Waals surface area contributed by atoms with E-state index in [0.29, 0.717) is 19.1 Å². The predicted molar refractivity (Wildman–Crippen MR) is 99.1 cm³/mol. The number of alkyl halides is 1. The maximum atomic E-state index is 6.17. The van der Waals surface area contributed by atoms with Crippen molar-refractivity contribution in [2.45, 2.75) is 39.7 Å². The zero-order chi connectivity index (χ0) is 16.7. The van der Waals surface area contributed by atoms with E-state index in [0.717, 1.165) is 6.04 Å². The molecule has 2 rings (SSSR count). The van der Waals surface area contributed by atoms with E-state index in [1.165, 1.54) is 22.3 Å². The minimum atomic E-state index is -2.27. The molecule has 0 aliphatic rings. The minimum absolute atomic E-state index is 0.560. The highest BCUT2D eigenvalue weighted by Crippen LogP contribution is 2.19. The predicted octanol–water partition coefficient (Wildman–Crippen LogP) is 5.35. The zero-order valence-electron chi connectivity index (χ0n) is 14.1. The van der Waals surface area contributed by atoms with Gasteiger partial charge in [0.1, 0.15) is 0 Å². The normalized spacial score (nSPS) is 11.7. The van der Waals surface area contributed by atoms with E-state index in [1.807, 2.05) is 0 Å². The Morgan fingerprint density at radius 2 is 1.17 bits per heavy atom. The fraction of sp³-hybridized carbons (Fsp3) is 0.368. The molecule has 2 aromatic carbocycles. The highest BCUT2D eigenvalue weighted by atomic mass is 35.5. The van der Waals surface area contributed by atoms with E-state index in [4.69, 9.17) is 20.5 Å². The second-order valence-corrected chi connectivity index (χ2v) is 9.84. The SMILES string of the molecule is Cc1ccc(CO[Si](C)(CCCl)OCc2ccc(C)cc2)cc1. The van der Waals surface area contributed by atoms with Crippen molar-refractivity contribution in [2.75, 3.05) is 5.88 Å². The first-order chi connectivity index (χ1) is 11.0. The average Bonchev–Trinajstić information content (AvgIpc) is 2.54. The molecule has 0 saturated carbocycles. The van der Waals surface area contributed by atoms with Crippen LogP contribution in [0.25, 0.3) is 0 Å². The van der Waals surface area contributed by atoms with Crippen LogP contribution in [0.2, 0.25) is 12.6 Å². The Kier molecular flexibility index (Phi) is 6.84. The first-order valence-corrected chi connectivity index (χ1v) is 11.0. The number of halogens is 1. The molecular weight excluding hydrogens is 324 g/mol. The van der Waals surface area contributed by atoms with Gasteiger partial charge in [0.25, 0.3) is 0 Å². The molecule has 0 aliphatic heterocycles. The van der Waals surface area contributed by atoms with Crippen LogP contribution in [-0.4, -0.2) is 14.4 Å². The third-order valence-corrected chi connectivity index (χ3v) is 7.05. The van der Waals surface area contributed by atoms with Gasteiger partial charge in [-0.25, -0.2) is 0 Å². The van der Waals surface area contributed by atoms with E-state index in [9.17, 15) is 0 Å². The Balaban J connectivity index is 1.94. The Hall–Kier alpha value is -1.13. The van der Waals surface area contributed by atoms with Crippen LogP contribution in [0, 0.1) is 13.8 Å². The molecule has 0 aromatic heterocycles. The molecule has 0 bridgehead atoms. The van der Waals surface area contributed by atoms with Gasteiger partial charge in [0.05, 0.1) is 13.2 Å². The first-order valence-electron chi connectivity index (χ1n) is 7.96. The lowest BCUT2D eigenvalue weighted by molar-refractivity contribution is 0.159. The van der Waals surface area contributed by atoms with E-state index >= 15 is 0 Å². The fourth-order valence-corrected chi connectivity index (χ4v) is 4.89. The Morgan fingerprint density at radius 3 is 1.52 bits per heavy atom. The smallest absolute Gasteiger partial charge is 0.336 e. The van der Waals surface area contributed by atoms with Crippen molar-refractivity contribution < 1.29 is 8.85 Å². The average molecular weight is 349 g/mol. The van der Waals surface area contributed by atoms with Gasteiger partial charge in [0.15, 0.2) is 0 Å². The quantitative estimate of drug-likeness (QED) is 0.473. The maximum Gasteiger partial charge on any atom is 0.336 e. The summed E-state index contributed by atoms with van der Waals surface area (Å²) in [4.78, 5) is 0. The van der Waals surface area contributed by atoms with Crippen LogP contribution >= 0.6 is 11.6 Å².